The van der Waals surface area contributed by atoms with Gasteiger partial charge in [-0.15, -0.1) is 0 Å². The number of ketones is 1. The molecule has 0 spiro atoms. The molecule has 1 aliphatic carbocycles. The standard InChI is InChI=1S/C11H16N2O/c1-12-7-3-4-10(12)11(14)8-13(2)9-5-6-9/h3-4,7,9H,5-6,8H2,1-2H3. The molecule has 1 fully saturated rings. The van der Waals surface area contributed by atoms with Gasteiger partial charge in [-0.05, 0) is 32.0 Å². The molecule has 1 heterocycles. The lowest BCUT2D eigenvalue weighted by Gasteiger charge is -2.14. The second-order valence-corrected chi connectivity index (χ2v) is 4.07. The Balaban J connectivity index is 1.98. The second kappa shape index (κ2) is 3.58. The lowest BCUT2D eigenvalue weighted by Crippen LogP contribution is -2.28. The van der Waals surface area contributed by atoms with Crippen LogP contribution in [0.25, 0.3) is 0 Å². The summed E-state index contributed by atoms with van der Waals surface area (Å²) in [7, 11) is 3.93. The van der Waals surface area contributed by atoms with Crippen molar-refractivity contribution < 1.29 is 4.79 Å². The molecular weight excluding hydrogens is 176 g/mol. The van der Waals surface area contributed by atoms with Crippen LogP contribution < -0.4 is 0 Å². The van der Waals surface area contributed by atoms with E-state index in [1.165, 1.54) is 12.8 Å². The molecule has 14 heavy (non-hydrogen) atoms. The number of carbonyl (C=O) groups is 1. The number of aromatic nitrogens is 1. The molecule has 3 heteroatoms. The summed E-state index contributed by atoms with van der Waals surface area (Å²) in [5, 5.41) is 0. The molecule has 1 aromatic heterocycles. The van der Waals surface area contributed by atoms with Crippen molar-refractivity contribution in [3.8, 4) is 0 Å². The Labute approximate surface area is 84.3 Å². The predicted octanol–water partition coefficient (Wildman–Crippen LogP) is 1.30. The van der Waals surface area contributed by atoms with Crippen molar-refractivity contribution >= 4 is 5.78 Å². The third-order valence-corrected chi connectivity index (χ3v) is 2.79. The summed E-state index contributed by atoms with van der Waals surface area (Å²) in [5.74, 6) is 0.215. The Bertz CT molecular complexity index is 339. The number of hydrogen-bond acceptors (Lipinski definition) is 2. The van der Waals surface area contributed by atoms with E-state index in [2.05, 4.69) is 4.90 Å². The normalized spacial score (nSPS) is 16.2. The van der Waals surface area contributed by atoms with Crippen LogP contribution in [0, 0.1) is 0 Å². The van der Waals surface area contributed by atoms with Crippen molar-refractivity contribution in [2.45, 2.75) is 18.9 Å². The lowest BCUT2D eigenvalue weighted by molar-refractivity contribution is 0.0934. The van der Waals surface area contributed by atoms with E-state index in [-0.39, 0.29) is 5.78 Å². The van der Waals surface area contributed by atoms with Crippen LogP contribution in [0.3, 0.4) is 0 Å². The van der Waals surface area contributed by atoms with Crippen LogP contribution in [0.5, 0.6) is 0 Å². The number of likely N-dealkylation sites (N-methyl/N-ethyl adjacent to an activating group) is 1. The number of hydrogen-bond donors (Lipinski definition) is 0. The number of aryl methyl sites for hydroxylation is 1. The number of Topliss-reactive ketones (excluding diaryl/α,β-unsaturated/α-hetero) is 1. The van der Waals surface area contributed by atoms with Gasteiger partial charge in [-0.25, -0.2) is 0 Å². The first-order chi connectivity index (χ1) is 6.68. The minimum atomic E-state index is 0.215. The number of rotatable bonds is 4. The average Bonchev–Trinajstić information content (AvgIpc) is 2.89. The molecule has 0 bridgehead atoms. The van der Waals surface area contributed by atoms with Gasteiger partial charge in [0.15, 0.2) is 5.78 Å². The molecule has 0 aromatic carbocycles. The molecule has 2 rings (SSSR count). The molecule has 1 aliphatic rings. The molecule has 0 saturated heterocycles. The van der Waals surface area contributed by atoms with Crippen LogP contribution in [0.1, 0.15) is 23.3 Å². The molecule has 0 radical (unpaired) electrons. The highest BCUT2D eigenvalue weighted by molar-refractivity contribution is 5.96. The Morgan fingerprint density at radius 1 is 1.64 bits per heavy atom. The maximum atomic E-state index is 11.8. The largest absolute Gasteiger partial charge is 0.348 e. The van der Waals surface area contributed by atoms with Crippen LogP contribution in [0.4, 0.5) is 0 Å². The highest BCUT2D eigenvalue weighted by Crippen LogP contribution is 2.25. The van der Waals surface area contributed by atoms with Gasteiger partial charge in [0.25, 0.3) is 0 Å². The number of carbonyl (C=O) groups excluding carboxylic acids is 1. The highest BCUT2D eigenvalue weighted by atomic mass is 16.1. The van der Waals surface area contributed by atoms with Gasteiger partial charge < -0.3 is 4.57 Å². The van der Waals surface area contributed by atoms with Gasteiger partial charge in [-0.2, -0.15) is 0 Å². The molecular formula is C11H16N2O. The molecule has 0 N–H and O–H groups in total. The zero-order chi connectivity index (χ0) is 10.1. The fourth-order valence-corrected chi connectivity index (χ4v) is 1.70. The summed E-state index contributed by atoms with van der Waals surface area (Å²) in [4.78, 5) is 14.0. The van der Waals surface area contributed by atoms with Gasteiger partial charge in [-0.1, -0.05) is 0 Å². The zero-order valence-corrected chi connectivity index (χ0v) is 8.73. The fourth-order valence-electron chi connectivity index (χ4n) is 1.70. The van der Waals surface area contributed by atoms with Gasteiger partial charge >= 0.3 is 0 Å². The van der Waals surface area contributed by atoms with E-state index >= 15 is 0 Å². The second-order valence-electron chi connectivity index (χ2n) is 4.07. The van der Waals surface area contributed by atoms with E-state index < -0.39 is 0 Å². The van der Waals surface area contributed by atoms with Gasteiger partial charge in [0.2, 0.25) is 0 Å². The van der Waals surface area contributed by atoms with Crippen molar-refractivity contribution in [1.82, 2.24) is 9.47 Å². The molecule has 76 valence electrons. The van der Waals surface area contributed by atoms with Crippen LogP contribution in [0.15, 0.2) is 18.3 Å². The van der Waals surface area contributed by atoms with Gasteiger partial charge in [0, 0.05) is 19.3 Å². The van der Waals surface area contributed by atoms with Gasteiger partial charge in [0.1, 0.15) is 0 Å². The first-order valence-corrected chi connectivity index (χ1v) is 5.03. The van der Waals surface area contributed by atoms with Crippen molar-refractivity contribution in [2.75, 3.05) is 13.6 Å². The quantitative estimate of drug-likeness (QED) is 0.672. The maximum Gasteiger partial charge on any atom is 0.193 e. The summed E-state index contributed by atoms with van der Waals surface area (Å²) < 4.78 is 1.88. The first kappa shape index (κ1) is 9.46. The third kappa shape index (κ3) is 1.87. The summed E-state index contributed by atoms with van der Waals surface area (Å²) in [6, 6.07) is 4.44. The van der Waals surface area contributed by atoms with Crippen LogP contribution >= 0.6 is 0 Å². The Morgan fingerprint density at radius 3 is 2.86 bits per heavy atom. The Kier molecular flexibility index (Phi) is 2.42. The molecule has 0 amide bonds. The molecule has 0 atom stereocenters. The van der Waals surface area contributed by atoms with Crippen LogP contribution in [-0.2, 0) is 7.05 Å². The smallest absolute Gasteiger partial charge is 0.193 e. The molecule has 1 saturated carbocycles. The average molecular weight is 192 g/mol. The van der Waals surface area contributed by atoms with Gasteiger partial charge in [-0.3, -0.25) is 9.69 Å². The molecule has 3 nitrogen and oxygen atoms in total. The van der Waals surface area contributed by atoms with Crippen LogP contribution in [0.2, 0.25) is 0 Å². The summed E-state index contributed by atoms with van der Waals surface area (Å²) in [5.41, 5.74) is 0.803. The lowest BCUT2D eigenvalue weighted by atomic mass is 10.2. The van der Waals surface area contributed by atoms with Crippen molar-refractivity contribution in [3.05, 3.63) is 24.0 Å². The predicted molar refractivity (Wildman–Crippen MR) is 55.4 cm³/mol. The van der Waals surface area contributed by atoms with Crippen LogP contribution in [-0.4, -0.2) is 34.9 Å². The van der Waals surface area contributed by atoms with E-state index in [0.717, 1.165) is 5.69 Å². The minimum Gasteiger partial charge on any atom is -0.348 e. The minimum absolute atomic E-state index is 0.215. The van der Waals surface area contributed by atoms with E-state index in [9.17, 15) is 4.79 Å². The summed E-state index contributed by atoms with van der Waals surface area (Å²) in [6.07, 6.45) is 4.40. The topological polar surface area (TPSA) is 25.2 Å². The monoisotopic (exact) mass is 192 g/mol. The zero-order valence-electron chi connectivity index (χ0n) is 8.73. The van der Waals surface area contributed by atoms with E-state index in [0.29, 0.717) is 12.6 Å². The Morgan fingerprint density at radius 2 is 2.36 bits per heavy atom. The van der Waals surface area contributed by atoms with E-state index in [4.69, 9.17) is 0 Å². The molecule has 0 aliphatic heterocycles. The maximum absolute atomic E-state index is 11.8. The van der Waals surface area contributed by atoms with Crippen molar-refractivity contribution in [3.63, 3.8) is 0 Å². The summed E-state index contributed by atoms with van der Waals surface area (Å²) in [6.45, 7) is 0.544. The Hall–Kier alpha value is -1.09. The van der Waals surface area contributed by atoms with E-state index in [1.54, 1.807) is 0 Å². The van der Waals surface area contributed by atoms with Crippen molar-refractivity contribution in [2.24, 2.45) is 7.05 Å². The summed E-state index contributed by atoms with van der Waals surface area (Å²) >= 11 is 0. The SMILES string of the molecule is CN(CC(=O)c1cccn1C)C1CC1. The molecule has 0 unspecified atom stereocenters. The van der Waals surface area contributed by atoms with E-state index in [1.807, 2.05) is 37.0 Å². The van der Waals surface area contributed by atoms with Crippen molar-refractivity contribution in [1.29, 1.82) is 0 Å². The molecule has 1 aromatic rings. The highest BCUT2D eigenvalue weighted by Gasteiger charge is 2.27. The fraction of sp³-hybridized carbons (Fsp3) is 0.545. The third-order valence-electron chi connectivity index (χ3n) is 2.79. The van der Waals surface area contributed by atoms with Gasteiger partial charge in [0.05, 0.1) is 12.2 Å². The number of nitrogens with zero attached hydrogens (tertiary/aromatic N) is 2. The first-order valence-electron chi connectivity index (χ1n) is 5.03.